The predicted molar refractivity (Wildman–Crippen MR) is 81.5 cm³/mol. The number of ketones is 1. The van der Waals surface area contributed by atoms with Crippen LogP contribution in [-0.4, -0.2) is 18.3 Å². The number of carbonyl (C=O) groups is 2. The van der Waals surface area contributed by atoms with Crippen LogP contribution in [0.4, 0.5) is 14.5 Å². The van der Waals surface area contributed by atoms with Crippen LogP contribution >= 0.6 is 0 Å². The number of para-hydroxylation sites is 1. The van der Waals surface area contributed by atoms with Gasteiger partial charge in [-0.3, -0.25) is 9.59 Å². The molecule has 0 aliphatic heterocycles. The lowest BCUT2D eigenvalue weighted by Crippen LogP contribution is -2.21. The first-order valence-corrected chi connectivity index (χ1v) is 7.01. The first-order valence-electron chi connectivity index (χ1n) is 7.01. The van der Waals surface area contributed by atoms with E-state index in [2.05, 4.69) is 5.32 Å². The number of hydrogen-bond donors (Lipinski definition) is 1. The number of ether oxygens (including phenoxy) is 1. The second kappa shape index (κ2) is 7.49. The van der Waals surface area contributed by atoms with Gasteiger partial charge in [-0.25, -0.2) is 8.78 Å². The molecule has 1 N–H and O–H groups in total. The van der Waals surface area contributed by atoms with E-state index in [0.29, 0.717) is 17.7 Å². The molecule has 0 aliphatic carbocycles. The van der Waals surface area contributed by atoms with Gasteiger partial charge in [-0.05, 0) is 36.4 Å². The van der Waals surface area contributed by atoms with E-state index in [0.717, 1.165) is 12.1 Å². The molecule has 0 radical (unpaired) electrons. The van der Waals surface area contributed by atoms with E-state index in [-0.39, 0.29) is 5.78 Å². The summed E-state index contributed by atoms with van der Waals surface area (Å²) in [5, 5.41) is 2.12. The summed E-state index contributed by atoms with van der Waals surface area (Å²) in [6, 6.07) is 9.59. The van der Waals surface area contributed by atoms with Crippen LogP contribution in [0.3, 0.4) is 0 Å². The summed E-state index contributed by atoms with van der Waals surface area (Å²) in [7, 11) is 0. The smallest absolute Gasteiger partial charge is 0.262 e. The average Bonchev–Trinajstić information content (AvgIpc) is 2.56. The zero-order valence-electron chi connectivity index (χ0n) is 12.4. The van der Waals surface area contributed by atoms with Crippen LogP contribution in [-0.2, 0) is 4.79 Å². The minimum atomic E-state index is -0.860. The molecule has 0 unspecified atom stereocenters. The molecule has 2 aromatic carbocycles. The fraction of sp³-hybridized carbons (Fsp3) is 0.176. The molecular formula is C17H15F2NO3. The summed E-state index contributed by atoms with van der Waals surface area (Å²) >= 11 is 0. The summed E-state index contributed by atoms with van der Waals surface area (Å²) in [6.45, 7) is 1.35. The number of amides is 1. The molecular weight excluding hydrogens is 304 g/mol. The Morgan fingerprint density at radius 2 is 1.65 bits per heavy atom. The van der Waals surface area contributed by atoms with Crippen molar-refractivity contribution in [2.45, 2.75) is 13.3 Å². The van der Waals surface area contributed by atoms with Gasteiger partial charge in [0.15, 0.2) is 12.4 Å². The van der Waals surface area contributed by atoms with Crippen LogP contribution in [0.15, 0.2) is 42.5 Å². The number of anilines is 1. The first-order chi connectivity index (χ1) is 11.0. The van der Waals surface area contributed by atoms with Crippen LogP contribution in [0.5, 0.6) is 5.75 Å². The van der Waals surface area contributed by atoms with Gasteiger partial charge in [-0.2, -0.15) is 0 Å². The Bertz CT molecular complexity index is 694. The molecule has 4 nitrogen and oxygen atoms in total. The molecule has 0 spiro atoms. The lowest BCUT2D eigenvalue weighted by molar-refractivity contribution is -0.118. The second-order valence-electron chi connectivity index (χ2n) is 4.73. The largest absolute Gasteiger partial charge is 0.484 e. The maximum Gasteiger partial charge on any atom is 0.262 e. The number of Topliss-reactive ketones (excluding diaryl/α,β-unsaturated/α-hetero) is 1. The summed E-state index contributed by atoms with van der Waals surface area (Å²) in [6.07, 6.45) is 0.400. The molecule has 0 saturated carbocycles. The van der Waals surface area contributed by atoms with E-state index in [4.69, 9.17) is 4.74 Å². The van der Waals surface area contributed by atoms with Crippen molar-refractivity contribution in [1.29, 1.82) is 0 Å². The number of carbonyl (C=O) groups excluding carboxylic acids is 2. The molecule has 0 aliphatic rings. The van der Waals surface area contributed by atoms with E-state index in [1.807, 2.05) is 0 Å². The van der Waals surface area contributed by atoms with Gasteiger partial charge < -0.3 is 10.1 Å². The molecule has 6 heteroatoms. The average molecular weight is 319 g/mol. The van der Waals surface area contributed by atoms with Gasteiger partial charge >= 0.3 is 0 Å². The molecule has 0 saturated heterocycles. The van der Waals surface area contributed by atoms with Crippen LogP contribution in [0.1, 0.15) is 23.7 Å². The third-order valence-corrected chi connectivity index (χ3v) is 3.09. The highest BCUT2D eigenvalue weighted by Crippen LogP contribution is 2.18. The standard InChI is InChI=1S/C17H15F2NO3/c1-2-15(21)11-6-8-12(9-7-11)23-10-16(22)20-17-13(18)4-3-5-14(17)19/h3-9H,2,10H2,1H3,(H,20,22). The van der Waals surface area contributed by atoms with Crippen LogP contribution in [0.2, 0.25) is 0 Å². The molecule has 2 aromatic rings. The van der Waals surface area contributed by atoms with Crippen LogP contribution in [0, 0.1) is 11.6 Å². The molecule has 0 heterocycles. The molecule has 0 atom stereocenters. The Hall–Kier alpha value is -2.76. The quantitative estimate of drug-likeness (QED) is 0.828. The zero-order valence-corrected chi connectivity index (χ0v) is 12.4. The Balaban J connectivity index is 1.93. The van der Waals surface area contributed by atoms with E-state index >= 15 is 0 Å². The first kappa shape index (κ1) is 16.6. The van der Waals surface area contributed by atoms with Crippen molar-refractivity contribution in [3.05, 3.63) is 59.7 Å². The molecule has 1 amide bonds. The summed E-state index contributed by atoms with van der Waals surface area (Å²) in [4.78, 5) is 23.2. The van der Waals surface area contributed by atoms with Crippen molar-refractivity contribution in [3.8, 4) is 5.75 Å². The molecule has 0 bridgehead atoms. The van der Waals surface area contributed by atoms with Crippen molar-refractivity contribution in [3.63, 3.8) is 0 Å². The molecule has 2 rings (SSSR count). The van der Waals surface area contributed by atoms with Gasteiger partial charge in [0.2, 0.25) is 0 Å². The third-order valence-electron chi connectivity index (χ3n) is 3.09. The SMILES string of the molecule is CCC(=O)c1ccc(OCC(=O)Nc2c(F)cccc2F)cc1. The highest BCUT2D eigenvalue weighted by molar-refractivity contribution is 5.96. The fourth-order valence-electron chi connectivity index (χ4n) is 1.88. The van der Waals surface area contributed by atoms with Crippen molar-refractivity contribution in [1.82, 2.24) is 0 Å². The second-order valence-corrected chi connectivity index (χ2v) is 4.73. The van der Waals surface area contributed by atoms with Gasteiger partial charge in [-0.1, -0.05) is 13.0 Å². The number of hydrogen-bond acceptors (Lipinski definition) is 3. The Morgan fingerprint density at radius 3 is 2.22 bits per heavy atom. The van der Waals surface area contributed by atoms with Gasteiger partial charge in [0, 0.05) is 12.0 Å². The van der Waals surface area contributed by atoms with Gasteiger partial charge in [0.05, 0.1) is 0 Å². The van der Waals surface area contributed by atoms with Gasteiger partial charge in [-0.15, -0.1) is 0 Å². The van der Waals surface area contributed by atoms with Crippen LogP contribution < -0.4 is 10.1 Å². The van der Waals surface area contributed by atoms with E-state index in [1.165, 1.54) is 6.07 Å². The summed E-state index contributed by atoms with van der Waals surface area (Å²) < 4.78 is 32.0. The maximum absolute atomic E-state index is 13.4. The third kappa shape index (κ3) is 4.35. The topological polar surface area (TPSA) is 55.4 Å². The number of benzene rings is 2. The highest BCUT2D eigenvalue weighted by Gasteiger charge is 2.12. The van der Waals surface area contributed by atoms with Crippen molar-refractivity contribution in [2.75, 3.05) is 11.9 Å². The minimum Gasteiger partial charge on any atom is -0.484 e. The summed E-state index contributed by atoms with van der Waals surface area (Å²) in [5.41, 5.74) is 0.0442. The molecule has 0 aromatic heterocycles. The van der Waals surface area contributed by atoms with Crippen LogP contribution in [0.25, 0.3) is 0 Å². The lowest BCUT2D eigenvalue weighted by atomic mass is 10.1. The van der Waals surface area contributed by atoms with Crippen molar-refractivity contribution in [2.24, 2.45) is 0 Å². The van der Waals surface area contributed by atoms with Gasteiger partial charge in [0.1, 0.15) is 23.1 Å². The normalized spacial score (nSPS) is 10.2. The fourth-order valence-corrected chi connectivity index (χ4v) is 1.88. The maximum atomic E-state index is 13.4. The Morgan fingerprint density at radius 1 is 1.04 bits per heavy atom. The number of rotatable bonds is 6. The lowest BCUT2D eigenvalue weighted by Gasteiger charge is -2.09. The van der Waals surface area contributed by atoms with E-state index < -0.39 is 29.8 Å². The summed E-state index contributed by atoms with van der Waals surface area (Å²) in [5.74, 6) is -2.03. The molecule has 0 fully saturated rings. The monoisotopic (exact) mass is 319 g/mol. The minimum absolute atomic E-state index is 0.00400. The Kier molecular flexibility index (Phi) is 5.41. The van der Waals surface area contributed by atoms with E-state index in [1.54, 1.807) is 31.2 Å². The predicted octanol–water partition coefficient (Wildman–Crippen LogP) is 3.58. The van der Waals surface area contributed by atoms with E-state index in [9.17, 15) is 18.4 Å². The van der Waals surface area contributed by atoms with Crippen molar-refractivity contribution < 1.29 is 23.1 Å². The number of halogens is 2. The highest BCUT2D eigenvalue weighted by atomic mass is 19.1. The Labute approximate surface area is 132 Å². The zero-order chi connectivity index (χ0) is 16.8. The van der Waals surface area contributed by atoms with Gasteiger partial charge in [0.25, 0.3) is 5.91 Å². The molecule has 23 heavy (non-hydrogen) atoms. The molecule has 120 valence electrons. The van der Waals surface area contributed by atoms with Crippen molar-refractivity contribution >= 4 is 17.4 Å². The number of nitrogens with one attached hydrogen (secondary N) is 1.